The van der Waals surface area contributed by atoms with Gasteiger partial charge in [-0.05, 0) is 31.9 Å². The lowest BCUT2D eigenvalue weighted by Gasteiger charge is -2.14. The number of ether oxygens (including phenoxy) is 1. The summed E-state index contributed by atoms with van der Waals surface area (Å²) < 4.78 is 5.48. The number of para-hydroxylation sites is 1. The van der Waals surface area contributed by atoms with Crippen molar-refractivity contribution in [1.29, 1.82) is 0 Å². The molecule has 0 aromatic heterocycles. The van der Waals surface area contributed by atoms with Gasteiger partial charge in [0, 0.05) is 0 Å². The Kier molecular flexibility index (Phi) is 3.54. The summed E-state index contributed by atoms with van der Waals surface area (Å²) >= 11 is 5.97. The molecule has 0 spiro atoms. The number of halogens is 1. The van der Waals surface area contributed by atoms with E-state index in [1.165, 1.54) is 0 Å². The van der Waals surface area contributed by atoms with Gasteiger partial charge < -0.3 is 15.8 Å². The Bertz CT molecular complexity index is 416. The number of hydrogen-bond donors (Lipinski definition) is 2. The Labute approximate surface area is 105 Å². The number of nitrogen functional groups attached to an aromatic ring is 1. The third-order valence-corrected chi connectivity index (χ3v) is 3.13. The molecule has 0 radical (unpaired) electrons. The molecule has 3 N–H and O–H groups in total. The Morgan fingerprint density at radius 1 is 1.53 bits per heavy atom. The highest BCUT2D eigenvalue weighted by Crippen LogP contribution is 2.29. The van der Waals surface area contributed by atoms with Gasteiger partial charge in [-0.1, -0.05) is 17.7 Å². The first-order valence-corrected chi connectivity index (χ1v) is 5.96. The summed E-state index contributed by atoms with van der Waals surface area (Å²) in [6, 6.07) is 5.12. The molecule has 5 heteroatoms. The van der Waals surface area contributed by atoms with E-state index in [9.17, 15) is 4.79 Å². The minimum absolute atomic E-state index is 0.134. The molecule has 0 aliphatic carbocycles. The molecule has 2 atom stereocenters. The van der Waals surface area contributed by atoms with Crippen LogP contribution in [-0.4, -0.2) is 18.1 Å². The van der Waals surface area contributed by atoms with Crippen molar-refractivity contribution in [3.63, 3.8) is 0 Å². The fourth-order valence-corrected chi connectivity index (χ4v) is 2.10. The lowest BCUT2D eigenvalue weighted by Crippen LogP contribution is -2.28. The number of amides is 1. The first-order valence-electron chi connectivity index (χ1n) is 5.58. The number of carbonyl (C=O) groups excluding carboxylic acids is 1. The molecule has 1 aliphatic rings. The van der Waals surface area contributed by atoms with Crippen LogP contribution in [0.5, 0.6) is 0 Å². The summed E-state index contributed by atoms with van der Waals surface area (Å²) in [6.07, 6.45) is 1.36. The monoisotopic (exact) mass is 254 g/mol. The van der Waals surface area contributed by atoms with Gasteiger partial charge in [-0.2, -0.15) is 0 Å². The van der Waals surface area contributed by atoms with Crippen LogP contribution >= 0.6 is 11.6 Å². The molecule has 2 unspecified atom stereocenters. The minimum Gasteiger partial charge on any atom is -0.397 e. The van der Waals surface area contributed by atoms with Gasteiger partial charge in [0.1, 0.15) is 6.10 Å². The van der Waals surface area contributed by atoms with Crippen molar-refractivity contribution in [2.24, 2.45) is 0 Å². The van der Waals surface area contributed by atoms with Crippen molar-refractivity contribution in [2.75, 3.05) is 11.1 Å². The number of carbonyl (C=O) groups is 1. The molecular formula is C12H15ClN2O2. The topological polar surface area (TPSA) is 64.4 Å². The van der Waals surface area contributed by atoms with E-state index in [0.29, 0.717) is 16.4 Å². The van der Waals surface area contributed by atoms with E-state index in [1.807, 2.05) is 6.92 Å². The standard InChI is InChI=1S/C12H15ClN2O2/c1-7-5-6-10(17-7)12(16)15-11-8(13)3-2-4-9(11)14/h2-4,7,10H,5-6,14H2,1H3,(H,15,16). The zero-order valence-electron chi connectivity index (χ0n) is 9.57. The maximum absolute atomic E-state index is 11.9. The normalized spacial score (nSPS) is 23.6. The number of rotatable bonds is 2. The molecule has 4 nitrogen and oxygen atoms in total. The van der Waals surface area contributed by atoms with Crippen LogP contribution in [0.25, 0.3) is 0 Å². The van der Waals surface area contributed by atoms with E-state index >= 15 is 0 Å². The van der Waals surface area contributed by atoms with E-state index in [2.05, 4.69) is 5.32 Å². The second kappa shape index (κ2) is 4.94. The molecule has 2 rings (SSSR count). The number of benzene rings is 1. The molecule has 1 aromatic carbocycles. The Morgan fingerprint density at radius 3 is 2.88 bits per heavy atom. The number of nitrogens with one attached hydrogen (secondary N) is 1. The van der Waals surface area contributed by atoms with Crippen molar-refractivity contribution in [1.82, 2.24) is 0 Å². The first kappa shape index (κ1) is 12.2. The van der Waals surface area contributed by atoms with E-state index < -0.39 is 6.10 Å². The Morgan fingerprint density at radius 2 is 2.29 bits per heavy atom. The van der Waals surface area contributed by atoms with Gasteiger partial charge in [0.05, 0.1) is 22.5 Å². The average Bonchev–Trinajstić information content (AvgIpc) is 2.70. The van der Waals surface area contributed by atoms with Gasteiger partial charge in [-0.3, -0.25) is 4.79 Å². The van der Waals surface area contributed by atoms with Crippen LogP contribution in [-0.2, 0) is 9.53 Å². The molecule has 0 saturated carbocycles. The van der Waals surface area contributed by atoms with E-state index in [4.69, 9.17) is 22.1 Å². The summed E-state index contributed by atoms with van der Waals surface area (Å²) in [4.78, 5) is 11.9. The zero-order valence-corrected chi connectivity index (χ0v) is 10.3. The smallest absolute Gasteiger partial charge is 0.253 e. The highest BCUT2D eigenvalue weighted by Gasteiger charge is 2.28. The largest absolute Gasteiger partial charge is 0.397 e. The fraction of sp³-hybridized carbons (Fsp3) is 0.417. The lowest BCUT2D eigenvalue weighted by atomic mass is 10.2. The Balaban J connectivity index is 2.08. The van der Waals surface area contributed by atoms with Crippen molar-refractivity contribution < 1.29 is 9.53 Å². The van der Waals surface area contributed by atoms with E-state index in [-0.39, 0.29) is 12.0 Å². The molecule has 92 valence electrons. The first-order chi connectivity index (χ1) is 8.08. The molecule has 1 saturated heterocycles. The average molecular weight is 255 g/mol. The maximum atomic E-state index is 11.9. The molecular weight excluding hydrogens is 240 g/mol. The number of nitrogens with two attached hydrogens (primary N) is 1. The third kappa shape index (κ3) is 2.70. The van der Waals surface area contributed by atoms with Crippen molar-refractivity contribution in [3.8, 4) is 0 Å². The van der Waals surface area contributed by atoms with Gasteiger partial charge >= 0.3 is 0 Å². The second-order valence-electron chi connectivity index (χ2n) is 4.21. The van der Waals surface area contributed by atoms with Crippen LogP contribution in [0.3, 0.4) is 0 Å². The highest BCUT2D eigenvalue weighted by molar-refractivity contribution is 6.34. The van der Waals surface area contributed by atoms with Crippen LogP contribution in [0.15, 0.2) is 18.2 Å². The van der Waals surface area contributed by atoms with Crippen molar-refractivity contribution >= 4 is 28.9 Å². The summed E-state index contributed by atoms with van der Waals surface area (Å²) in [5.74, 6) is -0.186. The van der Waals surface area contributed by atoms with Crippen LogP contribution in [0, 0.1) is 0 Å². The van der Waals surface area contributed by atoms with Crippen LogP contribution in [0.1, 0.15) is 19.8 Å². The summed E-state index contributed by atoms with van der Waals surface area (Å²) in [5, 5.41) is 3.15. The fourth-order valence-electron chi connectivity index (χ4n) is 1.87. The predicted octanol–water partition coefficient (Wildman–Crippen LogP) is 2.43. The van der Waals surface area contributed by atoms with Crippen LogP contribution in [0.2, 0.25) is 5.02 Å². The molecule has 1 amide bonds. The summed E-state index contributed by atoms with van der Waals surface area (Å²) in [6.45, 7) is 1.96. The van der Waals surface area contributed by atoms with Crippen molar-refractivity contribution in [2.45, 2.75) is 32.0 Å². The number of hydrogen-bond acceptors (Lipinski definition) is 3. The molecule has 1 aliphatic heterocycles. The second-order valence-corrected chi connectivity index (χ2v) is 4.61. The predicted molar refractivity (Wildman–Crippen MR) is 68.1 cm³/mol. The third-order valence-electron chi connectivity index (χ3n) is 2.82. The van der Waals surface area contributed by atoms with Crippen molar-refractivity contribution in [3.05, 3.63) is 23.2 Å². The highest BCUT2D eigenvalue weighted by atomic mass is 35.5. The SMILES string of the molecule is CC1CCC(C(=O)Nc2c(N)cccc2Cl)O1. The van der Waals surface area contributed by atoms with Gasteiger partial charge in [-0.25, -0.2) is 0 Å². The van der Waals surface area contributed by atoms with Gasteiger partial charge in [0.15, 0.2) is 0 Å². The summed E-state index contributed by atoms with van der Waals surface area (Å²) in [5.41, 5.74) is 6.67. The lowest BCUT2D eigenvalue weighted by molar-refractivity contribution is -0.126. The molecule has 1 fully saturated rings. The number of anilines is 2. The van der Waals surface area contributed by atoms with Gasteiger partial charge in [-0.15, -0.1) is 0 Å². The molecule has 1 heterocycles. The minimum atomic E-state index is -0.402. The summed E-state index contributed by atoms with van der Waals surface area (Å²) in [7, 11) is 0. The van der Waals surface area contributed by atoms with Crippen LogP contribution in [0.4, 0.5) is 11.4 Å². The Hall–Kier alpha value is -1.26. The van der Waals surface area contributed by atoms with Gasteiger partial charge in [0.2, 0.25) is 0 Å². The van der Waals surface area contributed by atoms with E-state index in [1.54, 1.807) is 18.2 Å². The van der Waals surface area contributed by atoms with Gasteiger partial charge in [0.25, 0.3) is 5.91 Å². The molecule has 0 bridgehead atoms. The molecule has 17 heavy (non-hydrogen) atoms. The zero-order chi connectivity index (χ0) is 12.4. The quantitative estimate of drug-likeness (QED) is 0.797. The van der Waals surface area contributed by atoms with E-state index in [0.717, 1.165) is 12.8 Å². The maximum Gasteiger partial charge on any atom is 0.253 e. The van der Waals surface area contributed by atoms with Crippen LogP contribution < -0.4 is 11.1 Å². The molecule has 1 aromatic rings.